The second kappa shape index (κ2) is 6.11. The van der Waals surface area contributed by atoms with Crippen molar-refractivity contribution in [3.63, 3.8) is 0 Å². The van der Waals surface area contributed by atoms with Crippen molar-refractivity contribution < 1.29 is 13.5 Å². The standard InChI is InChI=1S/C14H22N2O3S/c1-3-15-20(18,19)14-7-5-4-6-12(14)16-9-8-11(2)13(17)10-16/h4-7,11,13,15,17H,3,8-10H2,1-2H3. The van der Waals surface area contributed by atoms with Crippen molar-refractivity contribution in [1.29, 1.82) is 0 Å². The van der Waals surface area contributed by atoms with Crippen LogP contribution >= 0.6 is 0 Å². The average Bonchev–Trinajstić information content (AvgIpc) is 2.42. The van der Waals surface area contributed by atoms with Crippen LogP contribution in [0, 0.1) is 5.92 Å². The lowest BCUT2D eigenvalue weighted by atomic mass is 9.96. The molecule has 0 bridgehead atoms. The molecular weight excluding hydrogens is 276 g/mol. The van der Waals surface area contributed by atoms with Crippen LogP contribution in [0.4, 0.5) is 5.69 Å². The summed E-state index contributed by atoms with van der Waals surface area (Å²) in [6, 6.07) is 6.95. The maximum Gasteiger partial charge on any atom is 0.242 e. The highest BCUT2D eigenvalue weighted by Crippen LogP contribution is 2.29. The number of sulfonamides is 1. The highest BCUT2D eigenvalue weighted by atomic mass is 32.2. The molecule has 1 saturated heterocycles. The van der Waals surface area contributed by atoms with Gasteiger partial charge in [-0.1, -0.05) is 26.0 Å². The number of hydrogen-bond acceptors (Lipinski definition) is 4. The minimum Gasteiger partial charge on any atom is -0.391 e. The van der Waals surface area contributed by atoms with Crippen molar-refractivity contribution >= 4 is 15.7 Å². The first-order chi connectivity index (χ1) is 9.45. The van der Waals surface area contributed by atoms with E-state index in [1.165, 1.54) is 0 Å². The molecule has 20 heavy (non-hydrogen) atoms. The zero-order chi connectivity index (χ0) is 14.8. The lowest BCUT2D eigenvalue weighted by Gasteiger charge is -2.36. The van der Waals surface area contributed by atoms with Crippen molar-refractivity contribution in [3.05, 3.63) is 24.3 Å². The third-order valence-corrected chi connectivity index (χ3v) is 5.34. The van der Waals surface area contributed by atoms with Crippen molar-refractivity contribution in [1.82, 2.24) is 4.72 Å². The fourth-order valence-electron chi connectivity index (χ4n) is 2.48. The van der Waals surface area contributed by atoms with Gasteiger partial charge in [-0.25, -0.2) is 13.1 Å². The highest BCUT2D eigenvalue weighted by molar-refractivity contribution is 7.89. The summed E-state index contributed by atoms with van der Waals surface area (Å²) in [6.07, 6.45) is 0.440. The van der Waals surface area contributed by atoms with Crippen LogP contribution in [0.2, 0.25) is 0 Å². The molecule has 2 N–H and O–H groups in total. The van der Waals surface area contributed by atoms with E-state index in [0.29, 0.717) is 18.8 Å². The SMILES string of the molecule is CCNS(=O)(=O)c1ccccc1N1CCC(C)C(O)C1. The van der Waals surface area contributed by atoms with Crippen molar-refractivity contribution in [2.45, 2.75) is 31.3 Å². The van der Waals surface area contributed by atoms with Crippen LogP contribution < -0.4 is 9.62 Å². The van der Waals surface area contributed by atoms with Crippen LogP contribution in [0.15, 0.2) is 29.2 Å². The van der Waals surface area contributed by atoms with Crippen LogP contribution in [0.1, 0.15) is 20.3 Å². The summed E-state index contributed by atoms with van der Waals surface area (Å²) < 4.78 is 27.0. The summed E-state index contributed by atoms with van der Waals surface area (Å²) in [7, 11) is -3.49. The molecule has 0 aliphatic carbocycles. The molecule has 112 valence electrons. The fourth-order valence-corrected chi connectivity index (χ4v) is 3.75. The van der Waals surface area contributed by atoms with Crippen LogP contribution in [0.25, 0.3) is 0 Å². The van der Waals surface area contributed by atoms with Crippen molar-refractivity contribution in [3.8, 4) is 0 Å². The lowest BCUT2D eigenvalue weighted by Crippen LogP contribution is -2.43. The monoisotopic (exact) mass is 298 g/mol. The Morgan fingerprint density at radius 2 is 2.10 bits per heavy atom. The quantitative estimate of drug-likeness (QED) is 0.876. The van der Waals surface area contributed by atoms with Gasteiger partial charge >= 0.3 is 0 Å². The van der Waals surface area contributed by atoms with Crippen LogP contribution in [-0.2, 0) is 10.0 Å². The summed E-state index contributed by atoms with van der Waals surface area (Å²) in [5.41, 5.74) is 0.666. The van der Waals surface area contributed by atoms with E-state index < -0.39 is 16.1 Å². The summed E-state index contributed by atoms with van der Waals surface area (Å²) in [5.74, 6) is 0.254. The van der Waals surface area contributed by atoms with Gasteiger partial charge in [0.1, 0.15) is 4.90 Å². The molecule has 0 radical (unpaired) electrons. The fraction of sp³-hybridized carbons (Fsp3) is 0.571. The zero-order valence-corrected chi connectivity index (χ0v) is 12.7. The maximum atomic E-state index is 12.2. The number of piperidine rings is 1. The van der Waals surface area contributed by atoms with Gasteiger partial charge in [0.25, 0.3) is 0 Å². The van der Waals surface area contributed by atoms with Gasteiger partial charge in [0.05, 0.1) is 11.8 Å². The third kappa shape index (κ3) is 3.13. The molecular formula is C14H22N2O3S. The molecule has 1 aromatic carbocycles. The molecule has 2 rings (SSSR count). The number of nitrogens with zero attached hydrogens (tertiary/aromatic N) is 1. The third-order valence-electron chi connectivity index (χ3n) is 3.75. The Morgan fingerprint density at radius 3 is 2.75 bits per heavy atom. The van der Waals surface area contributed by atoms with Crippen molar-refractivity contribution in [2.24, 2.45) is 5.92 Å². The van der Waals surface area contributed by atoms with Gasteiger partial charge in [0, 0.05) is 19.6 Å². The molecule has 0 spiro atoms. The first-order valence-electron chi connectivity index (χ1n) is 6.97. The number of β-amino-alcohol motifs (C(OH)–C–C–N with tert-alkyl or cyclic N) is 1. The molecule has 2 atom stereocenters. The molecule has 0 aromatic heterocycles. The molecule has 5 nitrogen and oxygen atoms in total. The topological polar surface area (TPSA) is 69.6 Å². The minimum atomic E-state index is -3.49. The smallest absolute Gasteiger partial charge is 0.242 e. The molecule has 1 aliphatic heterocycles. The number of benzene rings is 1. The van der Waals surface area contributed by atoms with E-state index in [9.17, 15) is 13.5 Å². The number of anilines is 1. The second-order valence-electron chi connectivity index (χ2n) is 5.25. The number of rotatable bonds is 4. The van der Waals surface area contributed by atoms with E-state index in [-0.39, 0.29) is 10.8 Å². The first-order valence-corrected chi connectivity index (χ1v) is 8.45. The van der Waals surface area contributed by atoms with Crippen LogP contribution in [0.3, 0.4) is 0 Å². The van der Waals surface area contributed by atoms with Crippen LogP contribution in [0.5, 0.6) is 0 Å². The van der Waals surface area contributed by atoms with Gasteiger partial charge in [-0.15, -0.1) is 0 Å². The predicted octanol–water partition coefficient (Wildman–Crippen LogP) is 1.19. The maximum absolute atomic E-state index is 12.2. The Bertz CT molecular complexity index is 559. The van der Waals surface area contributed by atoms with Gasteiger partial charge in [0.2, 0.25) is 10.0 Å². The van der Waals surface area contributed by atoms with Gasteiger partial charge in [-0.05, 0) is 24.5 Å². The Balaban J connectivity index is 2.34. The normalized spacial score (nSPS) is 23.9. The second-order valence-corrected chi connectivity index (χ2v) is 6.98. The predicted molar refractivity (Wildman–Crippen MR) is 79.3 cm³/mol. The molecule has 0 amide bonds. The first kappa shape index (κ1) is 15.3. The average molecular weight is 298 g/mol. The number of aliphatic hydroxyl groups excluding tert-OH is 1. The molecule has 2 unspecified atom stereocenters. The Hall–Kier alpha value is -1.11. The summed E-state index contributed by atoms with van der Waals surface area (Å²) >= 11 is 0. The highest BCUT2D eigenvalue weighted by Gasteiger charge is 2.28. The molecule has 1 aromatic rings. The minimum absolute atomic E-state index is 0.254. The van der Waals surface area contributed by atoms with Gasteiger partial charge in [-0.3, -0.25) is 0 Å². The molecule has 6 heteroatoms. The zero-order valence-electron chi connectivity index (χ0n) is 11.9. The Morgan fingerprint density at radius 1 is 1.40 bits per heavy atom. The molecule has 1 fully saturated rings. The number of para-hydroxylation sites is 1. The van der Waals surface area contributed by atoms with E-state index in [4.69, 9.17) is 0 Å². The van der Waals surface area contributed by atoms with E-state index >= 15 is 0 Å². The van der Waals surface area contributed by atoms with E-state index in [1.807, 2.05) is 17.9 Å². The largest absolute Gasteiger partial charge is 0.391 e. The number of aliphatic hydroxyl groups is 1. The summed E-state index contributed by atoms with van der Waals surface area (Å²) in [4.78, 5) is 2.23. The lowest BCUT2D eigenvalue weighted by molar-refractivity contribution is 0.103. The van der Waals surface area contributed by atoms with Gasteiger partial charge in [0.15, 0.2) is 0 Å². The number of nitrogens with one attached hydrogen (secondary N) is 1. The Kier molecular flexibility index (Phi) is 4.67. The van der Waals surface area contributed by atoms with E-state index in [0.717, 1.165) is 13.0 Å². The van der Waals surface area contributed by atoms with Crippen molar-refractivity contribution in [2.75, 3.05) is 24.5 Å². The van der Waals surface area contributed by atoms with Crippen LogP contribution in [-0.4, -0.2) is 39.3 Å². The molecule has 0 saturated carbocycles. The van der Waals surface area contributed by atoms with Gasteiger partial charge in [-0.2, -0.15) is 0 Å². The Labute approximate surface area is 120 Å². The molecule has 1 aliphatic rings. The van der Waals surface area contributed by atoms with E-state index in [2.05, 4.69) is 4.72 Å². The summed E-state index contributed by atoms with van der Waals surface area (Å²) in [6.45, 7) is 5.36. The molecule has 1 heterocycles. The van der Waals surface area contributed by atoms with E-state index in [1.54, 1.807) is 25.1 Å². The van der Waals surface area contributed by atoms with Gasteiger partial charge < -0.3 is 10.0 Å². The summed E-state index contributed by atoms with van der Waals surface area (Å²) in [5, 5.41) is 10.00. The number of hydrogen-bond donors (Lipinski definition) is 2.